The van der Waals surface area contributed by atoms with Crippen LogP contribution in [0.15, 0.2) is 12.2 Å². The van der Waals surface area contributed by atoms with Crippen molar-refractivity contribution in [3.8, 4) is 0 Å². The number of carbonyl (C=O) groups is 1. The number of esters is 1. The third-order valence-corrected chi connectivity index (χ3v) is 9.15. The normalized spacial score (nSPS) is 53.4. The van der Waals surface area contributed by atoms with Gasteiger partial charge in [-0.25, -0.2) is 0 Å². The second-order valence-corrected chi connectivity index (χ2v) is 10.5. The predicted molar refractivity (Wildman–Crippen MR) is 101 cm³/mol. The van der Waals surface area contributed by atoms with Gasteiger partial charge in [0.15, 0.2) is 0 Å². The smallest absolute Gasteiger partial charge is 0.302 e. The molecule has 1 spiro atoms. The Morgan fingerprint density at radius 1 is 1.11 bits per heavy atom. The van der Waals surface area contributed by atoms with Gasteiger partial charge < -0.3 is 20.1 Å². The molecule has 4 rings (SSSR count). The van der Waals surface area contributed by atoms with Crippen molar-refractivity contribution in [1.29, 1.82) is 0 Å². The molecule has 0 aromatic rings. The molecule has 3 N–H and O–H groups in total. The number of rotatable bonds is 1. The van der Waals surface area contributed by atoms with Gasteiger partial charge in [0.1, 0.15) is 6.10 Å². The van der Waals surface area contributed by atoms with E-state index in [0.717, 1.165) is 25.7 Å². The molecule has 4 saturated carbocycles. The molecule has 0 saturated heterocycles. The van der Waals surface area contributed by atoms with Crippen molar-refractivity contribution in [2.45, 2.75) is 84.2 Å². The maximum absolute atomic E-state index is 11.9. The van der Waals surface area contributed by atoms with Gasteiger partial charge in [-0.15, -0.1) is 0 Å². The van der Waals surface area contributed by atoms with Gasteiger partial charge >= 0.3 is 5.97 Å². The minimum Gasteiger partial charge on any atom is -0.461 e. The average Bonchev–Trinajstić information content (AvgIpc) is 2.71. The maximum atomic E-state index is 11.9. The van der Waals surface area contributed by atoms with Crippen LogP contribution >= 0.6 is 0 Å². The van der Waals surface area contributed by atoms with Gasteiger partial charge in [-0.05, 0) is 60.3 Å². The Morgan fingerprint density at radius 3 is 2.41 bits per heavy atom. The first kappa shape index (κ1) is 19.4. The monoisotopic (exact) mass is 378 g/mol. The summed E-state index contributed by atoms with van der Waals surface area (Å²) in [5.74, 6) is -0.430. The molecule has 0 heterocycles. The predicted octanol–water partition coefficient (Wildman–Crippen LogP) is 2.43. The first-order chi connectivity index (χ1) is 12.5. The second kappa shape index (κ2) is 5.80. The standard InChI is InChI=1S/C22H34O5/c1-11-17-13(24)10-15-21(5)8-7-16(25)20(3,4)14(21)6-9-22(15,18(11)26)19(17)27-12(2)23/h13-19,24-26H,1,6-10H2,2-5H3. The van der Waals surface area contributed by atoms with Gasteiger partial charge in [0.05, 0.1) is 18.3 Å². The van der Waals surface area contributed by atoms with Crippen LogP contribution in [-0.4, -0.2) is 45.7 Å². The zero-order valence-corrected chi connectivity index (χ0v) is 16.9. The lowest BCUT2D eigenvalue weighted by atomic mass is 9.40. The Hall–Kier alpha value is -0.910. The van der Waals surface area contributed by atoms with E-state index in [0.29, 0.717) is 17.9 Å². The Kier molecular flexibility index (Phi) is 4.17. The van der Waals surface area contributed by atoms with Gasteiger partial charge in [-0.2, -0.15) is 0 Å². The molecular weight excluding hydrogens is 344 g/mol. The number of fused-ring (bicyclic) bond motifs is 3. The fourth-order valence-electron chi connectivity index (χ4n) is 7.94. The molecule has 4 aliphatic rings. The highest BCUT2D eigenvalue weighted by molar-refractivity contribution is 5.66. The summed E-state index contributed by atoms with van der Waals surface area (Å²) in [5, 5.41) is 32.9. The molecule has 5 heteroatoms. The Labute approximate surface area is 161 Å². The molecule has 0 aliphatic heterocycles. The molecule has 27 heavy (non-hydrogen) atoms. The van der Waals surface area contributed by atoms with E-state index in [1.165, 1.54) is 6.92 Å². The first-order valence-electron chi connectivity index (χ1n) is 10.4. The number of hydrogen-bond donors (Lipinski definition) is 3. The highest BCUT2D eigenvalue weighted by atomic mass is 16.5. The Morgan fingerprint density at radius 2 is 1.78 bits per heavy atom. The van der Waals surface area contributed by atoms with Crippen molar-refractivity contribution in [3.05, 3.63) is 12.2 Å². The molecule has 152 valence electrons. The highest BCUT2D eigenvalue weighted by Crippen LogP contribution is 2.72. The molecule has 4 fully saturated rings. The topological polar surface area (TPSA) is 87.0 Å². The number of aliphatic hydroxyl groups excluding tert-OH is 3. The van der Waals surface area contributed by atoms with Crippen molar-refractivity contribution in [1.82, 2.24) is 0 Å². The second-order valence-electron chi connectivity index (χ2n) is 10.5. The van der Waals surface area contributed by atoms with Crippen molar-refractivity contribution in [2.24, 2.45) is 34.0 Å². The van der Waals surface area contributed by atoms with E-state index in [4.69, 9.17) is 4.74 Å². The van der Waals surface area contributed by atoms with Gasteiger partial charge in [0, 0.05) is 18.3 Å². The van der Waals surface area contributed by atoms with E-state index in [9.17, 15) is 20.1 Å². The SMILES string of the molecule is C=C1C2C(O)CC3C4(C)CCC(O)C(C)(C)C4CCC3(C1O)C2OC(C)=O. The van der Waals surface area contributed by atoms with E-state index in [2.05, 4.69) is 27.4 Å². The number of aliphatic hydroxyl groups is 3. The van der Waals surface area contributed by atoms with Gasteiger partial charge in [-0.3, -0.25) is 4.79 Å². The summed E-state index contributed by atoms with van der Waals surface area (Å²) in [6.07, 6.45) is 1.51. The number of hydrogen-bond acceptors (Lipinski definition) is 5. The molecule has 5 nitrogen and oxygen atoms in total. The van der Waals surface area contributed by atoms with Crippen LogP contribution in [0.4, 0.5) is 0 Å². The van der Waals surface area contributed by atoms with E-state index < -0.39 is 23.7 Å². The maximum Gasteiger partial charge on any atom is 0.302 e. The van der Waals surface area contributed by atoms with Gasteiger partial charge in [-0.1, -0.05) is 27.4 Å². The third kappa shape index (κ3) is 2.25. The zero-order chi connectivity index (χ0) is 19.9. The molecule has 0 aromatic heterocycles. The molecule has 9 unspecified atom stereocenters. The van der Waals surface area contributed by atoms with Crippen LogP contribution < -0.4 is 0 Å². The molecule has 2 bridgehead atoms. The molecule has 0 aromatic carbocycles. The molecular formula is C22H34O5. The minimum absolute atomic E-state index is 0.0281. The molecule has 9 atom stereocenters. The van der Waals surface area contributed by atoms with Crippen molar-refractivity contribution in [3.63, 3.8) is 0 Å². The lowest BCUT2D eigenvalue weighted by molar-refractivity contribution is -0.241. The fraction of sp³-hybridized carbons (Fsp3) is 0.864. The van der Waals surface area contributed by atoms with E-state index in [-0.39, 0.29) is 34.7 Å². The largest absolute Gasteiger partial charge is 0.461 e. The van der Waals surface area contributed by atoms with Crippen LogP contribution in [0.5, 0.6) is 0 Å². The summed E-state index contributed by atoms with van der Waals surface area (Å²) in [4.78, 5) is 11.9. The first-order valence-corrected chi connectivity index (χ1v) is 10.4. The van der Waals surface area contributed by atoms with Gasteiger partial charge in [0.25, 0.3) is 0 Å². The summed E-state index contributed by atoms with van der Waals surface area (Å²) < 4.78 is 5.78. The molecule has 4 aliphatic carbocycles. The summed E-state index contributed by atoms with van der Waals surface area (Å²) in [6.45, 7) is 12.1. The van der Waals surface area contributed by atoms with Crippen LogP contribution in [0.25, 0.3) is 0 Å². The molecule has 0 amide bonds. The van der Waals surface area contributed by atoms with Crippen LogP contribution in [0.1, 0.15) is 59.8 Å². The lowest BCUT2D eigenvalue weighted by Gasteiger charge is -2.66. The van der Waals surface area contributed by atoms with Crippen molar-refractivity contribution < 1.29 is 24.9 Å². The van der Waals surface area contributed by atoms with Crippen LogP contribution in [0.3, 0.4) is 0 Å². The summed E-state index contributed by atoms with van der Waals surface area (Å²) in [5.41, 5.74) is -0.297. The van der Waals surface area contributed by atoms with Crippen molar-refractivity contribution >= 4 is 5.97 Å². The zero-order valence-electron chi connectivity index (χ0n) is 16.9. The number of ether oxygens (including phenoxy) is 1. The highest BCUT2D eigenvalue weighted by Gasteiger charge is 2.73. The van der Waals surface area contributed by atoms with Gasteiger partial charge in [0.2, 0.25) is 0 Å². The summed E-state index contributed by atoms with van der Waals surface area (Å²) in [7, 11) is 0. The Balaban J connectivity index is 1.84. The summed E-state index contributed by atoms with van der Waals surface area (Å²) >= 11 is 0. The van der Waals surface area contributed by atoms with Crippen molar-refractivity contribution in [2.75, 3.05) is 0 Å². The number of carbonyl (C=O) groups excluding carboxylic acids is 1. The van der Waals surface area contributed by atoms with Crippen LogP contribution in [0, 0.1) is 34.0 Å². The van der Waals surface area contributed by atoms with E-state index in [1.54, 1.807) is 0 Å². The fourth-order valence-corrected chi connectivity index (χ4v) is 7.94. The summed E-state index contributed by atoms with van der Waals surface area (Å²) in [6, 6.07) is 0. The van der Waals surface area contributed by atoms with Crippen LogP contribution in [0.2, 0.25) is 0 Å². The molecule has 0 radical (unpaired) electrons. The average molecular weight is 379 g/mol. The van der Waals surface area contributed by atoms with Crippen LogP contribution in [-0.2, 0) is 9.53 Å². The lowest BCUT2D eigenvalue weighted by Crippen LogP contribution is -2.65. The van der Waals surface area contributed by atoms with E-state index in [1.807, 2.05) is 0 Å². The van der Waals surface area contributed by atoms with E-state index >= 15 is 0 Å². The minimum atomic E-state index is -0.762. The third-order valence-electron chi connectivity index (χ3n) is 9.15. The quantitative estimate of drug-likeness (QED) is 0.482. The Bertz CT molecular complexity index is 672.